The standard InChI is InChI=1S/C18H35NO7S.C5H8O2.3C2H6/c1-21-7-8-22-9-10-23-11-12-24-13-14-25-15-16-26-18(20)19-5-3-17(27-2)4-6-19;1-5(7)3-2-4-6;3*1-2/h17H,3-16H2,1-2H3;4H,2-3H2,1H3;3*1-2H3. The number of hydrogen-bond donors (Lipinski definition) is 0. The monoisotopic (exact) mass is 599 g/mol. The van der Waals surface area contributed by atoms with Gasteiger partial charge in [0.2, 0.25) is 0 Å². The normalized spacial score (nSPS) is 12.2. The first-order valence-corrected chi connectivity index (χ1v) is 16.0. The number of carbonyl (C=O) groups is 3. The molecule has 1 fully saturated rings. The molecule has 1 aliphatic heterocycles. The van der Waals surface area contributed by atoms with Crippen molar-refractivity contribution in [3.05, 3.63) is 0 Å². The van der Waals surface area contributed by atoms with Crippen LogP contribution in [0.1, 0.15) is 74.1 Å². The van der Waals surface area contributed by atoms with Gasteiger partial charge in [0.25, 0.3) is 0 Å². The Balaban J connectivity index is -0.000000421. The summed E-state index contributed by atoms with van der Waals surface area (Å²) < 4.78 is 31.5. The summed E-state index contributed by atoms with van der Waals surface area (Å²) in [7, 11) is 1.64. The van der Waals surface area contributed by atoms with E-state index in [0.29, 0.717) is 77.6 Å². The minimum absolute atomic E-state index is 0.0760. The molecule has 242 valence electrons. The van der Waals surface area contributed by atoms with Gasteiger partial charge in [-0.05, 0) is 26.0 Å². The van der Waals surface area contributed by atoms with Crippen LogP contribution in [0.15, 0.2) is 0 Å². The summed E-state index contributed by atoms with van der Waals surface area (Å²) >= 11 is 1.87. The van der Waals surface area contributed by atoms with Gasteiger partial charge in [0.05, 0.1) is 59.5 Å². The van der Waals surface area contributed by atoms with Crippen molar-refractivity contribution >= 4 is 29.9 Å². The fraction of sp³-hybridized carbons (Fsp3) is 0.897. The molecule has 1 amide bonds. The van der Waals surface area contributed by atoms with Gasteiger partial charge in [0, 0.05) is 38.3 Å². The number of carbonyl (C=O) groups excluding carboxylic acids is 3. The zero-order valence-corrected chi connectivity index (χ0v) is 27.8. The lowest BCUT2D eigenvalue weighted by molar-refractivity contribution is -0.118. The molecule has 0 spiro atoms. The Bertz CT molecular complexity index is 506. The van der Waals surface area contributed by atoms with Crippen LogP contribution in [0, 0.1) is 0 Å². The van der Waals surface area contributed by atoms with Gasteiger partial charge in [-0.15, -0.1) is 0 Å². The number of nitrogens with zero attached hydrogens (tertiary/aromatic N) is 1. The van der Waals surface area contributed by atoms with Gasteiger partial charge in [-0.3, -0.25) is 0 Å². The molecular weight excluding hydrogens is 538 g/mol. The van der Waals surface area contributed by atoms with Gasteiger partial charge in [0.15, 0.2) is 0 Å². The number of hydrogen-bond acceptors (Lipinski definition) is 10. The Morgan fingerprint density at radius 1 is 0.750 bits per heavy atom. The minimum atomic E-state index is -0.238. The van der Waals surface area contributed by atoms with Crippen molar-refractivity contribution in [2.45, 2.75) is 79.4 Å². The van der Waals surface area contributed by atoms with E-state index in [-0.39, 0.29) is 18.5 Å². The van der Waals surface area contributed by atoms with Gasteiger partial charge >= 0.3 is 6.09 Å². The van der Waals surface area contributed by atoms with E-state index >= 15 is 0 Å². The third-order valence-electron chi connectivity index (χ3n) is 4.65. The van der Waals surface area contributed by atoms with Crippen LogP contribution in [-0.4, -0.2) is 121 Å². The van der Waals surface area contributed by atoms with Crippen molar-refractivity contribution in [1.29, 1.82) is 0 Å². The summed E-state index contributed by atoms with van der Waals surface area (Å²) in [6.45, 7) is 20.0. The maximum atomic E-state index is 11.9. The van der Waals surface area contributed by atoms with E-state index in [9.17, 15) is 14.4 Å². The van der Waals surface area contributed by atoms with Gasteiger partial charge in [-0.25, -0.2) is 4.79 Å². The Labute approximate surface area is 249 Å². The average Bonchev–Trinajstić information content (AvgIpc) is 3.01. The fourth-order valence-corrected chi connectivity index (χ4v) is 3.40. The number of thioether (sulfide) groups is 1. The quantitative estimate of drug-likeness (QED) is 0.143. The summed E-state index contributed by atoms with van der Waals surface area (Å²) in [5.74, 6) is 0.0760. The number of ether oxygens (including phenoxy) is 6. The highest BCUT2D eigenvalue weighted by Crippen LogP contribution is 2.21. The minimum Gasteiger partial charge on any atom is -0.447 e. The van der Waals surface area contributed by atoms with E-state index in [1.54, 1.807) is 12.0 Å². The molecule has 1 aliphatic rings. The smallest absolute Gasteiger partial charge is 0.409 e. The van der Waals surface area contributed by atoms with Crippen LogP contribution in [0.2, 0.25) is 0 Å². The van der Waals surface area contributed by atoms with E-state index in [1.165, 1.54) is 6.92 Å². The Morgan fingerprint density at radius 3 is 1.48 bits per heavy atom. The molecule has 0 aromatic carbocycles. The molecule has 1 heterocycles. The van der Waals surface area contributed by atoms with E-state index in [1.807, 2.05) is 53.3 Å². The summed E-state index contributed by atoms with van der Waals surface area (Å²) in [6.07, 6.45) is 5.47. The molecule has 0 aromatic heterocycles. The number of Topliss-reactive ketones (excluding diaryl/α,β-unsaturated/α-hetero) is 1. The second kappa shape index (κ2) is 42.2. The zero-order chi connectivity index (χ0) is 31.3. The number of rotatable bonds is 19. The molecule has 0 bridgehead atoms. The van der Waals surface area contributed by atoms with Crippen LogP contribution >= 0.6 is 11.8 Å². The van der Waals surface area contributed by atoms with Crippen LogP contribution < -0.4 is 0 Å². The summed E-state index contributed by atoms with van der Waals surface area (Å²) in [5, 5.41) is 0.664. The fourth-order valence-electron chi connectivity index (χ4n) is 2.72. The van der Waals surface area contributed by atoms with Crippen molar-refractivity contribution in [3.63, 3.8) is 0 Å². The molecular formula is C29H61NO9S. The van der Waals surface area contributed by atoms with Gasteiger partial charge in [-0.2, -0.15) is 11.8 Å². The van der Waals surface area contributed by atoms with Gasteiger partial charge in [0.1, 0.15) is 18.7 Å². The number of ketones is 1. The number of aldehydes is 1. The first-order valence-electron chi connectivity index (χ1n) is 14.7. The highest BCUT2D eigenvalue weighted by atomic mass is 32.2. The number of amides is 1. The van der Waals surface area contributed by atoms with Crippen LogP contribution in [-0.2, 0) is 38.0 Å². The van der Waals surface area contributed by atoms with Gasteiger partial charge in [-0.1, -0.05) is 41.5 Å². The maximum absolute atomic E-state index is 11.9. The highest BCUT2D eigenvalue weighted by molar-refractivity contribution is 7.99. The number of methoxy groups -OCH3 is 1. The van der Waals surface area contributed by atoms with Crippen LogP contribution in [0.4, 0.5) is 4.79 Å². The van der Waals surface area contributed by atoms with Crippen molar-refractivity contribution in [1.82, 2.24) is 4.90 Å². The third kappa shape index (κ3) is 36.8. The molecule has 0 radical (unpaired) electrons. The molecule has 0 atom stereocenters. The molecule has 0 unspecified atom stereocenters. The number of likely N-dealkylation sites (tertiary alicyclic amines) is 1. The predicted octanol–water partition coefficient (Wildman–Crippen LogP) is 5.30. The van der Waals surface area contributed by atoms with E-state index in [4.69, 9.17) is 28.4 Å². The molecule has 0 aliphatic carbocycles. The molecule has 0 aromatic rings. The molecule has 0 saturated carbocycles. The van der Waals surface area contributed by atoms with E-state index in [0.717, 1.165) is 32.2 Å². The largest absolute Gasteiger partial charge is 0.447 e. The SMILES string of the molecule is CC.CC.CC.CC(=O)CCC=O.COCCOCCOCCOCCOCCOC(=O)N1CCC(SC)CC1. The molecule has 0 N–H and O–H groups in total. The predicted molar refractivity (Wildman–Crippen MR) is 165 cm³/mol. The lowest BCUT2D eigenvalue weighted by Gasteiger charge is -2.30. The molecule has 11 heteroatoms. The topological polar surface area (TPSA) is 110 Å². The van der Waals surface area contributed by atoms with E-state index < -0.39 is 0 Å². The first kappa shape index (κ1) is 45.7. The average molecular weight is 600 g/mol. The lowest BCUT2D eigenvalue weighted by Crippen LogP contribution is -2.39. The van der Waals surface area contributed by atoms with Crippen LogP contribution in [0.5, 0.6) is 0 Å². The second-order valence-electron chi connectivity index (χ2n) is 7.39. The lowest BCUT2D eigenvalue weighted by atomic mass is 10.1. The summed E-state index contributed by atoms with van der Waals surface area (Å²) in [4.78, 5) is 33.3. The zero-order valence-electron chi connectivity index (χ0n) is 27.0. The molecule has 1 rings (SSSR count). The van der Waals surface area contributed by atoms with E-state index in [2.05, 4.69) is 6.26 Å². The summed E-state index contributed by atoms with van der Waals surface area (Å²) in [6, 6.07) is 0. The van der Waals surface area contributed by atoms with Crippen molar-refractivity contribution in [3.8, 4) is 0 Å². The molecule has 1 saturated heterocycles. The summed E-state index contributed by atoms with van der Waals surface area (Å²) in [5.41, 5.74) is 0. The Kier molecular flexibility index (Phi) is 48.3. The van der Waals surface area contributed by atoms with Crippen molar-refractivity contribution < 1.29 is 42.8 Å². The Hall–Kier alpha value is -1.24. The highest BCUT2D eigenvalue weighted by Gasteiger charge is 2.22. The van der Waals surface area contributed by atoms with Crippen LogP contribution in [0.25, 0.3) is 0 Å². The Morgan fingerprint density at radius 2 is 1.15 bits per heavy atom. The molecule has 10 nitrogen and oxygen atoms in total. The van der Waals surface area contributed by atoms with Crippen molar-refractivity contribution in [2.75, 3.05) is 92.5 Å². The molecule has 40 heavy (non-hydrogen) atoms. The van der Waals surface area contributed by atoms with Gasteiger partial charge < -0.3 is 42.9 Å². The maximum Gasteiger partial charge on any atom is 0.409 e. The second-order valence-corrected chi connectivity index (χ2v) is 8.52. The number of piperidine rings is 1. The first-order chi connectivity index (χ1) is 19.5. The third-order valence-corrected chi connectivity index (χ3v) is 5.79. The van der Waals surface area contributed by atoms with Crippen LogP contribution in [0.3, 0.4) is 0 Å². The van der Waals surface area contributed by atoms with Crippen molar-refractivity contribution in [2.24, 2.45) is 0 Å².